The average molecular weight is 463 g/mol. The zero-order valence-electron chi connectivity index (χ0n) is 14.3. The van der Waals surface area contributed by atoms with Gasteiger partial charge in [0.15, 0.2) is 5.96 Å². The predicted octanol–water partition coefficient (Wildman–Crippen LogP) is 3.53. The van der Waals surface area contributed by atoms with Crippen LogP contribution in [-0.4, -0.2) is 30.7 Å². The van der Waals surface area contributed by atoms with Gasteiger partial charge in [-0.15, -0.1) is 24.0 Å². The number of furan rings is 1. The third-order valence-corrected chi connectivity index (χ3v) is 4.33. The fraction of sp³-hybridized carbons (Fsp3) is 0.471. The number of aliphatic hydroxyl groups is 1. The minimum absolute atomic E-state index is 0. The van der Waals surface area contributed by atoms with Crippen LogP contribution in [0.3, 0.4) is 0 Å². The molecule has 2 atom stereocenters. The Balaban J connectivity index is 0.00000288. The van der Waals surface area contributed by atoms with Gasteiger partial charge >= 0.3 is 0 Å². The Morgan fingerprint density at radius 2 is 2.21 bits per heavy atom. The van der Waals surface area contributed by atoms with Crippen LogP contribution in [0, 0.1) is 0 Å². The summed E-state index contributed by atoms with van der Waals surface area (Å²) in [6.45, 7) is 7.67. The van der Waals surface area contributed by atoms with Crippen LogP contribution in [0.25, 0.3) is 0 Å². The molecule has 7 heteroatoms. The highest BCUT2D eigenvalue weighted by molar-refractivity contribution is 14.0. The lowest BCUT2D eigenvalue weighted by Crippen LogP contribution is -2.40. The van der Waals surface area contributed by atoms with Gasteiger partial charge in [0.05, 0.1) is 12.8 Å². The highest BCUT2D eigenvalue weighted by Gasteiger charge is 2.26. The summed E-state index contributed by atoms with van der Waals surface area (Å²) in [5, 5.41) is 21.2. The van der Waals surface area contributed by atoms with Gasteiger partial charge in [0.2, 0.25) is 0 Å². The van der Waals surface area contributed by atoms with E-state index in [9.17, 15) is 5.11 Å². The first-order chi connectivity index (χ1) is 11.0. The van der Waals surface area contributed by atoms with E-state index in [4.69, 9.17) is 4.42 Å². The Labute approximate surface area is 164 Å². The molecule has 5 nitrogen and oxygen atoms in total. The van der Waals surface area contributed by atoms with Gasteiger partial charge in [-0.05, 0) is 54.3 Å². The van der Waals surface area contributed by atoms with E-state index in [0.717, 1.165) is 13.1 Å². The van der Waals surface area contributed by atoms with Crippen molar-refractivity contribution in [2.45, 2.75) is 32.3 Å². The fourth-order valence-electron chi connectivity index (χ4n) is 2.16. The number of nitrogens with one attached hydrogen (secondary N) is 2. The van der Waals surface area contributed by atoms with Crippen molar-refractivity contribution in [3.63, 3.8) is 0 Å². The zero-order chi connectivity index (χ0) is 16.7. The topological polar surface area (TPSA) is 69.8 Å². The Hall–Kier alpha value is -1.06. The van der Waals surface area contributed by atoms with Crippen LogP contribution in [-0.2, 0) is 5.60 Å². The normalized spacial score (nSPS) is 15.2. The van der Waals surface area contributed by atoms with Crippen molar-refractivity contribution < 1.29 is 9.52 Å². The quantitative estimate of drug-likeness (QED) is 0.334. The second-order valence-electron chi connectivity index (χ2n) is 5.78. The summed E-state index contributed by atoms with van der Waals surface area (Å²) < 4.78 is 5.28. The lowest BCUT2D eigenvalue weighted by molar-refractivity contribution is 0.0437. The van der Waals surface area contributed by atoms with Crippen molar-refractivity contribution in [3.05, 3.63) is 46.5 Å². The van der Waals surface area contributed by atoms with Crippen molar-refractivity contribution in [2.24, 2.45) is 4.99 Å². The number of aliphatic imine (C=N–C) groups is 1. The molecule has 0 spiro atoms. The predicted molar refractivity (Wildman–Crippen MR) is 110 cm³/mol. The van der Waals surface area contributed by atoms with Gasteiger partial charge in [-0.25, -0.2) is 4.99 Å². The summed E-state index contributed by atoms with van der Waals surface area (Å²) in [5.74, 6) is 1.61. The number of hydrogen-bond donors (Lipinski definition) is 3. The number of guanidine groups is 1. The first kappa shape index (κ1) is 21.0. The number of halogens is 1. The monoisotopic (exact) mass is 463 g/mol. The molecule has 0 aromatic carbocycles. The minimum atomic E-state index is -1.12. The van der Waals surface area contributed by atoms with Crippen LogP contribution in [0.2, 0.25) is 0 Å². The second kappa shape index (κ2) is 10.0. The van der Waals surface area contributed by atoms with E-state index in [0.29, 0.717) is 17.6 Å². The van der Waals surface area contributed by atoms with Gasteiger partial charge in [0.1, 0.15) is 11.4 Å². The SMILES string of the molecule is CCNC(=NCC(C)(O)c1ccco1)NCC(C)c1ccsc1.I. The fourth-order valence-corrected chi connectivity index (χ4v) is 2.94. The Morgan fingerprint density at radius 1 is 1.42 bits per heavy atom. The molecule has 3 N–H and O–H groups in total. The van der Waals surface area contributed by atoms with Crippen molar-refractivity contribution in [1.82, 2.24) is 10.6 Å². The van der Waals surface area contributed by atoms with Crippen molar-refractivity contribution in [3.8, 4) is 0 Å². The molecule has 0 aliphatic heterocycles. The third kappa shape index (κ3) is 6.10. The molecule has 2 aromatic heterocycles. The van der Waals surface area contributed by atoms with Crippen LogP contribution >= 0.6 is 35.3 Å². The van der Waals surface area contributed by atoms with Crippen molar-refractivity contribution in [1.29, 1.82) is 0 Å². The molecule has 2 unspecified atom stereocenters. The molecule has 0 amide bonds. The van der Waals surface area contributed by atoms with Crippen LogP contribution in [0.15, 0.2) is 44.6 Å². The molecule has 0 fully saturated rings. The van der Waals surface area contributed by atoms with Crippen molar-refractivity contribution in [2.75, 3.05) is 19.6 Å². The molecule has 0 saturated heterocycles. The van der Waals surface area contributed by atoms with Gasteiger partial charge in [0, 0.05) is 13.1 Å². The maximum Gasteiger partial charge on any atom is 0.191 e. The summed E-state index contributed by atoms with van der Waals surface area (Å²) in [4.78, 5) is 4.48. The number of rotatable bonds is 7. The summed E-state index contributed by atoms with van der Waals surface area (Å²) in [6, 6.07) is 5.66. The molecule has 0 bridgehead atoms. The molecule has 0 aliphatic rings. The van der Waals surface area contributed by atoms with E-state index in [2.05, 4.69) is 39.4 Å². The molecule has 2 heterocycles. The lowest BCUT2D eigenvalue weighted by atomic mass is 10.0. The summed E-state index contributed by atoms with van der Waals surface area (Å²) in [7, 11) is 0. The summed E-state index contributed by atoms with van der Waals surface area (Å²) >= 11 is 1.71. The maximum atomic E-state index is 10.5. The Kier molecular flexibility index (Phi) is 8.79. The van der Waals surface area contributed by atoms with E-state index >= 15 is 0 Å². The summed E-state index contributed by atoms with van der Waals surface area (Å²) in [6.07, 6.45) is 1.56. The molecule has 0 aliphatic carbocycles. The second-order valence-corrected chi connectivity index (χ2v) is 6.56. The molecule has 0 saturated carbocycles. The Bertz CT molecular complexity index is 597. The molecule has 2 aromatic rings. The largest absolute Gasteiger partial charge is 0.466 e. The molecule has 0 radical (unpaired) electrons. The van der Waals surface area contributed by atoms with Crippen LogP contribution < -0.4 is 10.6 Å². The highest BCUT2D eigenvalue weighted by atomic mass is 127. The van der Waals surface area contributed by atoms with Crippen molar-refractivity contribution >= 4 is 41.3 Å². The third-order valence-electron chi connectivity index (χ3n) is 3.63. The van der Waals surface area contributed by atoms with Gasteiger partial charge in [-0.1, -0.05) is 6.92 Å². The van der Waals surface area contributed by atoms with Crippen LogP contribution in [0.5, 0.6) is 0 Å². The maximum absolute atomic E-state index is 10.5. The smallest absolute Gasteiger partial charge is 0.191 e. The molecule has 24 heavy (non-hydrogen) atoms. The molecular weight excluding hydrogens is 437 g/mol. The van der Waals surface area contributed by atoms with Crippen LogP contribution in [0.1, 0.15) is 38.0 Å². The van der Waals surface area contributed by atoms with Crippen LogP contribution in [0.4, 0.5) is 0 Å². The average Bonchev–Trinajstić information content (AvgIpc) is 3.23. The number of hydrogen-bond acceptors (Lipinski definition) is 4. The zero-order valence-corrected chi connectivity index (χ0v) is 17.4. The highest BCUT2D eigenvalue weighted by Crippen LogP contribution is 2.21. The molecule has 2 rings (SSSR count). The lowest BCUT2D eigenvalue weighted by Gasteiger charge is -2.20. The minimum Gasteiger partial charge on any atom is -0.466 e. The van der Waals surface area contributed by atoms with E-state index < -0.39 is 5.60 Å². The van der Waals surface area contributed by atoms with Gasteiger partial charge in [0.25, 0.3) is 0 Å². The van der Waals surface area contributed by atoms with E-state index in [-0.39, 0.29) is 30.5 Å². The van der Waals surface area contributed by atoms with E-state index in [1.54, 1.807) is 36.7 Å². The van der Waals surface area contributed by atoms with E-state index in [1.807, 2.05) is 6.92 Å². The number of thiophene rings is 1. The Morgan fingerprint density at radius 3 is 2.79 bits per heavy atom. The standard InChI is InChI=1S/C17H25N3O2S.HI/c1-4-18-16(19-10-13(2)14-7-9-23-11-14)20-12-17(3,21)15-6-5-8-22-15;/h5-9,11,13,21H,4,10,12H2,1-3H3,(H2,18,19,20);1H. The van der Waals surface area contributed by atoms with Gasteiger partial charge in [-0.2, -0.15) is 11.3 Å². The van der Waals surface area contributed by atoms with E-state index in [1.165, 1.54) is 5.56 Å². The van der Waals surface area contributed by atoms with Gasteiger partial charge in [-0.3, -0.25) is 0 Å². The first-order valence-electron chi connectivity index (χ1n) is 7.83. The first-order valence-corrected chi connectivity index (χ1v) is 8.78. The molecular formula is C17H26IN3O2S. The number of nitrogens with zero attached hydrogens (tertiary/aromatic N) is 1. The van der Waals surface area contributed by atoms with Gasteiger partial charge < -0.3 is 20.2 Å². The molecule has 134 valence electrons. The summed E-state index contributed by atoms with van der Waals surface area (Å²) in [5.41, 5.74) is 0.200.